The molecule has 1 fully saturated rings. The SMILES string of the molecule is Cl.O=C(c1ccccc1CS(=O)(=O)c1ccccc1)N1CCCNCC1. The second-order valence-corrected chi connectivity index (χ2v) is 8.11. The van der Waals surface area contributed by atoms with Crippen LogP contribution in [0.3, 0.4) is 0 Å². The van der Waals surface area contributed by atoms with Gasteiger partial charge < -0.3 is 10.2 Å². The van der Waals surface area contributed by atoms with Crippen LogP contribution >= 0.6 is 12.4 Å². The van der Waals surface area contributed by atoms with Crippen LogP contribution in [0.4, 0.5) is 0 Å². The standard InChI is InChI=1S/C19H22N2O3S.ClH/c22-19(21-13-6-11-20-12-14-21)18-10-5-4-7-16(18)15-25(23,24)17-8-2-1-3-9-17;/h1-5,7-10,20H,6,11-15H2;1H. The van der Waals surface area contributed by atoms with Crippen LogP contribution in [0.5, 0.6) is 0 Å². The minimum absolute atomic E-state index is 0. The summed E-state index contributed by atoms with van der Waals surface area (Å²) in [5, 5.41) is 3.27. The van der Waals surface area contributed by atoms with Crippen molar-refractivity contribution in [3.8, 4) is 0 Å². The van der Waals surface area contributed by atoms with Crippen molar-refractivity contribution in [2.75, 3.05) is 26.2 Å². The summed E-state index contributed by atoms with van der Waals surface area (Å²) in [6.07, 6.45) is 0.899. The fourth-order valence-corrected chi connectivity index (χ4v) is 4.39. The lowest BCUT2D eigenvalue weighted by atomic mass is 10.1. The molecule has 0 radical (unpaired) electrons. The molecule has 3 rings (SSSR count). The van der Waals surface area contributed by atoms with Crippen LogP contribution in [0.1, 0.15) is 22.3 Å². The van der Waals surface area contributed by atoms with Gasteiger partial charge in [-0.3, -0.25) is 4.79 Å². The second-order valence-electron chi connectivity index (χ2n) is 6.13. The number of hydrogen-bond donors (Lipinski definition) is 1. The van der Waals surface area contributed by atoms with E-state index in [0.29, 0.717) is 24.2 Å². The predicted molar refractivity (Wildman–Crippen MR) is 104 cm³/mol. The number of nitrogens with one attached hydrogen (secondary N) is 1. The molecule has 1 heterocycles. The molecule has 26 heavy (non-hydrogen) atoms. The Bertz CT molecular complexity index is 833. The first-order chi connectivity index (χ1) is 12.1. The zero-order chi connectivity index (χ0) is 17.7. The molecule has 5 nitrogen and oxygen atoms in total. The number of sulfone groups is 1. The molecule has 2 aromatic rings. The van der Waals surface area contributed by atoms with Crippen molar-refractivity contribution >= 4 is 28.2 Å². The third-order valence-corrected chi connectivity index (χ3v) is 6.00. The van der Waals surface area contributed by atoms with E-state index in [1.807, 2.05) is 0 Å². The number of rotatable bonds is 4. The van der Waals surface area contributed by atoms with Gasteiger partial charge in [-0.25, -0.2) is 8.42 Å². The molecular weight excluding hydrogens is 372 g/mol. The average molecular weight is 395 g/mol. The Labute approximate surface area is 160 Å². The van der Waals surface area contributed by atoms with E-state index >= 15 is 0 Å². The fraction of sp³-hybridized carbons (Fsp3) is 0.316. The predicted octanol–water partition coefficient (Wildman–Crippen LogP) is 2.52. The zero-order valence-electron chi connectivity index (χ0n) is 14.4. The van der Waals surface area contributed by atoms with Crippen LogP contribution in [0.2, 0.25) is 0 Å². The van der Waals surface area contributed by atoms with Crippen LogP contribution in [0.25, 0.3) is 0 Å². The van der Waals surface area contributed by atoms with Crippen LogP contribution in [0, 0.1) is 0 Å². The highest BCUT2D eigenvalue weighted by atomic mass is 35.5. The Kier molecular flexibility index (Phi) is 7.20. The fourth-order valence-electron chi connectivity index (χ4n) is 2.99. The molecule has 2 aromatic carbocycles. The summed E-state index contributed by atoms with van der Waals surface area (Å²) < 4.78 is 25.3. The molecule has 0 aromatic heterocycles. The third kappa shape index (κ3) is 4.84. The lowest BCUT2D eigenvalue weighted by molar-refractivity contribution is 0.0765. The smallest absolute Gasteiger partial charge is 0.254 e. The number of halogens is 1. The van der Waals surface area contributed by atoms with E-state index in [1.165, 1.54) is 0 Å². The largest absolute Gasteiger partial charge is 0.337 e. The molecule has 0 atom stereocenters. The lowest BCUT2D eigenvalue weighted by Gasteiger charge is -2.21. The molecule has 0 bridgehead atoms. The quantitative estimate of drug-likeness (QED) is 0.865. The molecule has 1 saturated heterocycles. The molecule has 0 saturated carbocycles. The van der Waals surface area contributed by atoms with Gasteiger partial charge in [-0.1, -0.05) is 36.4 Å². The van der Waals surface area contributed by atoms with E-state index in [0.717, 1.165) is 19.5 Å². The van der Waals surface area contributed by atoms with Gasteiger partial charge in [-0.05, 0) is 36.7 Å². The molecule has 0 spiro atoms. The van der Waals surface area contributed by atoms with Gasteiger partial charge in [-0.2, -0.15) is 0 Å². The van der Waals surface area contributed by atoms with Gasteiger partial charge in [0.05, 0.1) is 10.6 Å². The number of nitrogens with zero attached hydrogens (tertiary/aromatic N) is 1. The summed E-state index contributed by atoms with van der Waals surface area (Å²) in [6, 6.07) is 15.4. The van der Waals surface area contributed by atoms with E-state index in [4.69, 9.17) is 0 Å². The highest BCUT2D eigenvalue weighted by molar-refractivity contribution is 7.90. The Hall–Kier alpha value is -1.89. The normalized spacial score (nSPS) is 15.0. The van der Waals surface area contributed by atoms with Crippen molar-refractivity contribution in [2.45, 2.75) is 17.1 Å². The van der Waals surface area contributed by atoms with Gasteiger partial charge in [0, 0.05) is 25.2 Å². The molecule has 1 amide bonds. The molecule has 7 heteroatoms. The minimum Gasteiger partial charge on any atom is -0.337 e. The monoisotopic (exact) mass is 394 g/mol. The number of carbonyl (C=O) groups is 1. The van der Waals surface area contributed by atoms with Gasteiger partial charge in [0.25, 0.3) is 5.91 Å². The Morgan fingerprint density at radius 3 is 2.42 bits per heavy atom. The first kappa shape index (κ1) is 20.4. The molecule has 1 N–H and O–H groups in total. The van der Waals surface area contributed by atoms with Crippen molar-refractivity contribution in [3.05, 3.63) is 65.7 Å². The molecule has 1 aliphatic rings. The summed E-state index contributed by atoms with van der Waals surface area (Å²) in [6.45, 7) is 2.98. The summed E-state index contributed by atoms with van der Waals surface area (Å²) >= 11 is 0. The lowest BCUT2D eigenvalue weighted by Crippen LogP contribution is -2.34. The third-order valence-electron chi connectivity index (χ3n) is 4.32. The first-order valence-corrected chi connectivity index (χ1v) is 10.1. The van der Waals surface area contributed by atoms with E-state index in [-0.39, 0.29) is 29.0 Å². The maximum atomic E-state index is 12.9. The van der Waals surface area contributed by atoms with Crippen molar-refractivity contribution < 1.29 is 13.2 Å². The summed E-state index contributed by atoms with van der Waals surface area (Å²) in [7, 11) is -3.49. The Morgan fingerprint density at radius 1 is 0.962 bits per heavy atom. The van der Waals surface area contributed by atoms with Gasteiger partial charge in [-0.15, -0.1) is 12.4 Å². The van der Waals surface area contributed by atoms with Crippen LogP contribution in [-0.2, 0) is 15.6 Å². The highest BCUT2D eigenvalue weighted by Gasteiger charge is 2.23. The average Bonchev–Trinajstić information content (AvgIpc) is 2.91. The first-order valence-electron chi connectivity index (χ1n) is 8.44. The number of benzene rings is 2. The zero-order valence-corrected chi connectivity index (χ0v) is 16.1. The van der Waals surface area contributed by atoms with Gasteiger partial charge >= 0.3 is 0 Å². The second kappa shape index (κ2) is 9.16. The molecule has 1 aliphatic heterocycles. The van der Waals surface area contributed by atoms with Gasteiger partial charge in [0.15, 0.2) is 9.84 Å². The van der Waals surface area contributed by atoms with E-state index < -0.39 is 9.84 Å². The Morgan fingerprint density at radius 2 is 1.65 bits per heavy atom. The van der Waals surface area contributed by atoms with Crippen LogP contribution in [0.15, 0.2) is 59.5 Å². The topological polar surface area (TPSA) is 66.5 Å². The van der Waals surface area contributed by atoms with Gasteiger partial charge in [0.1, 0.15) is 0 Å². The van der Waals surface area contributed by atoms with Crippen molar-refractivity contribution in [3.63, 3.8) is 0 Å². The number of carbonyl (C=O) groups excluding carboxylic acids is 1. The van der Waals surface area contributed by atoms with E-state index in [1.54, 1.807) is 59.5 Å². The molecular formula is C19H23ClN2O3S. The maximum absolute atomic E-state index is 12.9. The molecule has 0 aliphatic carbocycles. The van der Waals surface area contributed by atoms with Crippen molar-refractivity contribution in [1.82, 2.24) is 10.2 Å². The summed E-state index contributed by atoms with van der Waals surface area (Å²) in [5.41, 5.74) is 1.03. The van der Waals surface area contributed by atoms with Crippen molar-refractivity contribution in [2.24, 2.45) is 0 Å². The summed E-state index contributed by atoms with van der Waals surface area (Å²) in [5.74, 6) is -0.270. The van der Waals surface area contributed by atoms with Crippen LogP contribution < -0.4 is 5.32 Å². The highest BCUT2D eigenvalue weighted by Crippen LogP contribution is 2.20. The van der Waals surface area contributed by atoms with E-state index in [2.05, 4.69) is 5.32 Å². The minimum atomic E-state index is -3.49. The number of amides is 1. The molecule has 0 unspecified atom stereocenters. The maximum Gasteiger partial charge on any atom is 0.254 e. The van der Waals surface area contributed by atoms with Gasteiger partial charge in [0.2, 0.25) is 0 Å². The van der Waals surface area contributed by atoms with Crippen molar-refractivity contribution in [1.29, 1.82) is 0 Å². The van der Waals surface area contributed by atoms with Crippen LogP contribution in [-0.4, -0.2) is 45.4 Å². The van der Waals surface area contributed by atoms with E-state index in [9.17, 15) is 13.2 Å². The summed E-state index contributed by atoms with van der Waals surface area (Å²) in [4.78, 5) is 15.0. The Balaban J connectivity index is 0.00000243. The molecule has 140 valence electrons. The number of hydrogen-bond acceptors (Lipinski definition) is 4.